The van der Waals surface area contributed by atoms with Gasteiger partial charge in [0.1, 0.15) is 0 Å². The van der Waals surface area contributed by atoms with Gasteiger partial charge < -0.3 is 0 Å². The first-order valence-corrected chi connectivity index (χ1v) is 10.4. The summed E-state index contributed by atoms with van der Waals surface area (Å²) in [4.78, 5) is 15.6. The van der Waals surface area contributed by atoms with Crippen molar-refractivity contribution in [3.8, 4) is 12.1 Å². The van der Waals surface area contributed by atoms with Crippen molar-refractivity contribution >= 4 is 17.9 Å². The van der Waals surface area contributed by atoms with Crippen LogP contribution in [0.2, 0.25) is 0 Å². The number of nitrogens with zero attached hydrogens (tertiary/aromatic N) is 3. The predicted octanol–water partition coefficient (Wildman–Crippen LogP) is 4.98. The van der Waals surface area contributed by atoms with Crippen LogP contribution < -0.4 is 0 Å². The molecule has 32 heavy (non-hydrogen) atoms. The highest BCUT2D eigenvalue weighted by Gasteiger charge is 2.26. The van der Waals surface area contributed by atoms with Crippen molar-refractivity contribution in [2.75, 3.05) is 13.1 Å². The maximum Gasteiger partial charge on any atom is 0.187 e. The number of benzene rings is 3. The number of hydrogen-bond donors (Lipinski definition) is 0. The summed E-state index contributed by atoms with van der Waals surface area (Å²) in [5.74, 6) is 0.0306. The van der Waals surface area contributed by atoms with E-state index in [2.05, 4.69) is 29.2 Å². The van der Waals surface area contributed by atoms with Crippen LogP contribution in [0.25, 0.3) is 12.2 Å². The summed E-state index contributed by atoms with van der Waals surface area (Å²) in [5.41, 5.74) is 5.60. The molecule has 0 aliphatic carbocycles. The van der Waals surface area contributed by atoms with Crippen molar-refractivity contribution in [3.05, 3.63) is 118 Å². The van der Waals surface area contributed by atoms with E-state index in [9.17, 15) is 4.79 Å². The fraction of sp³-hybridized carbons (Fsp3) is 0.107. The second kappa shape index (κ2) is 9.71. The van der Waals surface area contributed by atoms with Gasteiger partial charge in [0, 0.05) is 30.8 Å². The molecule has 0 unspecified atom stereocenters. The van der Waals surface area contributed by atoms with Crippen LogP contribution >= 0.6 is 0 Å². The predicted molar refractivity (Wildman–Crippen MR) is 125 cm³/mol. The van der Waals surface area contributed by atoms with Gasteiger partial charge in [-0.1, -0.05) is 54.6 Å². The third-order valence-corrected chi connectivity index (χ3v) is 5.38. The van der Waals surface area contributed by atoms with Gasteiger partial charge in [-0.05, 0) is 53.1 Å². The summed E-state index contributed by atoms with van der Waals surface area (Å²) in [6.45, 7) is 1.85. The van der Waals surface area contributed by atoms with Crippen molar-refractivity contribution in [1.82, 2.24) is 4.90 Å². The van der Waals surface area contributed by atoms with Gasteiger partial charge in [-0.15, -0.1) is 0 Å². The SMILES string of the molecule is N#Cc1ccc(/C=C2/CN(Cc3ccccc3)C/C(=C\c3ccc(C#N)cc3)C2=O)cc1. The molecule has 1 aliphatic rings. The Hall–Kier alpha value is -4.25. The number of hydrogen-bond acceptors (Lipinski definition) is 4. The van der Waals surface area contributed by atoms with Gasteiger partial charge in [0.25, 0.3) is 0 Å². The summed E-state index contributed by atoms with van der Waals surface area (Å²) >= 11 is 0. The van der Waals surface area contributed by atoms with E-state index >= 15 is 0 Å². The molecule has 1 heterocycles. The number of likely N-dealkylation sites (tertiary alicyclic amines) is 1. The Labute approximate surface area is 188 Å². The van der Waals surface area contributed by atoms with Gasteiger partial charge in [0.05, 0.1) is 23.3 Å². The van der Waals surface area contributed by atoms with Crippen LogP contribution in [0.15, 0.2) is 90.0 Å². The lowest BCUT2D eigenvalue weighted by atomic mass is 9.93. The maximum atomic E-state index is 13.3. The minimum Gasteiger partial charge on any atom is -0.290 e. The summed E-state index contributed by atoms with van der Waals surface area (Å²) in [6.07, 6.45) is 3.82. The highest BCUT2D eigenvalue weighted by molar-refractivity contribution is 6.14. The molecule has 3 aromatic rings. The molecule has 1 fully saturated rings. The lowest BCUT2D eigenvalue weighted by Crippen LogP contribution is -2.37. The Bertz CT molecular complexity index is 1180. The third-order valence-electron chi connectivity index (χ3n) is 5.38. The first-order chi connectivity index (χ1) is 15.6. The van der Waals surface area contributed by atoms with Gasteiger partial charge in [0.2, 0.25) is 0 Å². The molecule has 4 rings (SSSR count). The molecule has 0 amide bonds. The van der Waals surface area contributed by atoms with Crippen LogP contribution in [0.1, 0.15) is 27.8 Å². The molecule has 0 spiro atoms. The molecule has 3 aromatic carbocycles. The second-order valence-electron chi connectivity index (χ2n) is 7.77. The number of nitriles is 2. The molecule has 0 atom stereocenters. The zero-order valence-electron chi connectivity index (χ0n) is 17.5. The van der Waals surface area contributed by atoms with Gasteiger partial charge in [0.15, 0.2) is 5.78 Å². The monoisotopic (exact) mass is 415 g/mol. The Balaban J connectivity index is 1.67. The average Bonchev–Trinajstić information content (AvgIpc) is 2.83. The van der Waals surface area contributed by atoms with E-state index in [4.69, 9.17) is 10.5 Å². The molecule has 0 bridgehead atoms. The van der Waals surface area contributed by atoms with Gasteiger partial charge in [-0.25, -0.2) is 0 Å². The number of rotatable bonds is 4. The highest BCUT2D eigenvalue weighted by atomic mass is 16.1. The summed E-state index contributed by atoms with van der Waals surface area (Å²) < 4.78 is 0. The smallest absolute Gasteiger partial charge is 0.187 e. The fourth-order valence-corrected chi connectivity index (χ4v) is 3.77. The molecule has 4 heteroatoms. The fourth-order valence-electron chi connectivity index (χ4n) is 3.77. The van der Waals surface area contributed by atoms with E-state index in [1.54, 1.807) is 24.3 Å². The van der Waals surface area contributed by atoms with Crippen LogP contribution in [0.4, 0.5) is 0 Å². The van der Waals surface area contributed by atoms with Crippen LogP contribution in [0.5, 0.6) is 0 Å². The average molecular weight is 415 g/mol. The van der Waals surface area contributed by atoms with E-state index in [1.807, 2.05) is 54.6 Å². The normalized spacial score (nSPS) is 16.6. The molecular formula is C28H21N3O. The Kier molecular flexibility index (Phi) is 6.37. The molecule has 0 N–H and O–H groups in total. The van der Waals surface area contributed by atoms with Gasteiger partial charge in [-0.2, -0.15) is 10.5 Å². The van der Waals surface area contributed by atoms with Crippen molar-refractivity contribution in [3.63, 3.8) is 0 Å². The number of carbonyl (C=O) groups excluding carboxylic acids is 1. The Morgan fingerprint density at radius 3 is 1.62 bits per heavy atom. The Morgan fingerprint density at radius 2 is 1.19 bits per heavy atom. The lowest BCUT2D eigenvalue weighted by Gasteiger charge is -2.30. The molecule has 154 valence electrons. The molecule has 4 nitrogen and oxygen atoms in total. The first-order valence-electron chi connectivity index (χ1n) is 10.4. The van der Waals surface area contributed by atoms with Gasteiger partial charge in [-0.3, -0.25) is 9.69 Å². The first kappa shape index (κ1) is 21.0. The largest absolute Gasteiger partial charge is 0.290 e. The highest BCUT2D eigenvalue weighted by Crippen LogP contribution is 2.24. The van der Waals surface area contributed by atoms with E-state index in [0.29, 0.717) is 24.2 Å². The zero-order valence-corrected chi connectivity index (χ0v) is 17.5. The van der Waals surface area contributed by atoms with Gasteiger partial charge >= 0.3 is 0 Å². The summed E-state index contributed by atoms with van der Waals surface area (Å²) in [6, 6.07) is 28.9. The Morgan fingerprint density at radius 1 is 0.719 bits per heavy atom. The number of carbonyl (C=O) groups is 1. The lowest BCUT2D eigenvalue weighted by molar-refractivity contribution is -0.113. The number of ketones is 1. The van der Waals surface area contributed by atoms with E-state index < -0.39 is 0 Å². The maximum absolute atomic E-state index is 13.3. The van der Waals surface area contributed by atoms with Crippen LogP contribution in [-0.2, 0) is 11.3 Å². The number of Topliss-reactive ketones (excluding diaryl/α,β-unsaturated/α-hetero) is 1. The minimum atomic E-state index is 0.0306. The molecular weight excluding hydrogens is 394 g/mol. The molecule has 0 radical (unpaired) electrons. The van der Waals surface area contributed by atoms with Crippen LogP contribution in [0, 0.1) is 22.7 Å². The van der Waals surface area contributed by atoms with Crippen molar-refractivity contribution < 1.29 is 4.79 Å². The zero-order chi connectivity index (χ0) is 22.3. The molecule has 1 saturated heterocycles. The minimum absolute atomic E-state index is 0.0306. The third kappa shape index (κ3) is 5.08. The second-order valence-corrected chi connectivity index (χ2v) is 7.77. The molecule has 1 aliphatic heterocycles. The summed E-state index contributed by atoms with van der Waals surface area (Å²) in [7, 11) is 0. The van der Waals surface area contributed by atoms with Crippen LogP contribution in [0.3, 0.4) is 0 Å². The van der Waals surface area contributed by atoms with Crippen LogP contribution in [-0.4, -0.2) is 23.8 Å². The standard InChI is InChI=1S/C28H21N3O/c29-16-23-10-6-21(7-11-23)14-26-19-31(18-25-4-2-1-3-5-25)20-27(28(26)32)15-22-8-12-24(17-30)13-9-22/h1-15H,18-20H2/b26-14-,27-15+. The van der Waals surface area contributed by atoms with Crippen molar-refractivity contribution in [2.24, 2.45) is 0 Å². The van der Waals surface area contributed by atoms with Crippen molar-refractivity contribution in [1.29, 1.82) is 10.5 Å². The molecule has 0 saturated carbocycles. The van der Waals surface area contributed by atoms with E-state index in [0.717, 1.165) is 28.8 Å². The molecule has 0 aromatic heterocycles. The van der Waals surface area contributed by atoms with E-state index in [1.165, 1.54) is 5.56 Å². The summed E-state index contributed by atoms with van der Waals surface area (Å²) in [5, 5.41) is 18.0. The van der Waals surface area contributed by atoms with Crippen molar-refractivity contribution in [2.45, 2.75) is 6.54 Å². The number of piperidine rings is 1. The quantitative estimate of drug-likeness (QED) is 0.564. The van der Waals surface area contributed by atoms with E-state index in [-0.39, 0.29) is 5.78 Å². The topological polar surface area (TPSA) is 67.9 Å².